The normalized spacial score (nSPS) is 10.8. The Labute approximate surface area is 144 Å². The minimum atomic E-state index is -0.0929. The van der Waals surface area contributed by atoms with Crippen LogP contribution in [-0.4, -0.2) is 5.91 Å². The van der Waals surface area contributed by atoms with Crippen LogP contribution in [0.2, 0.25) is 0 Å². The van der Waals surface area contributed by atoms with Gasteiger partial charge in [0.25, 0.3) is 5.91 Å². The van der Waals surface area contributed by atoms with Gasteiger partial charge in [-0.05, 0) is 41.2 Å². The molecule has 4 heteroatoms. The van der Waals surface area contributed by atoms with Crippen LogP contribution in [0.15, 0.2) is 42.5 Å². The fourth-order valence-electron chi connectivity index (χ4n) is 2.28. The van der Waals surface area contributed by atoms with Gasteiger partial charge in [0.1, 0.15) is 0 Å². The lowest BCUT2D eigenvalue weighted by atomic mass is 9.87. The van der Waals surface area contributed by atoms with Gasteiger partial charge in [0, 0.05) is 17.8 Å². The van der Waals surface area contributed by atoms with Crippen LogP contribution in [0.25, 0.3) is 0 Å². The molecule has 0 aliphatic carbocycles. The molecule has 3 nitrogen and oxygen atoms in total. The molecule has 0 atom stereocenters. The molecule has 0 aliphatic heterocycles. The van der Waals surface area contributed by atoms with Gasteiger partial charge >= 0.3 is 0 Å². The van der Waals surface area contributed by atoms with Crippen LogP contribution in [0.3, 0.4) is 0 Å². The number of hydrogen-bond acceptors (Lipinski definition) is 2. The molecule has 1 amide bonds. The largest absolute Gasteiger partial charge is 0.399 e. The third-order valence-electron chi connectivity index (χ3n) is 3.78. The van der Waals surface area contributed by atoms with Gasteiger partial charge in [0.05, 0.1) is 0 Å². The predicted octanol–water partition coefficient (Wildman–Crippen LogP) is 4.23. The van der Waals surface area contributed by atoms with E-state index in [-0.39, 0.29) is 23.7 Å². The van der Waals surface area contributed by atoms with Crippen LogP contribution in [-0.2, 0) is 12.0 Å². The number of aryl methyl sites for hydroxylation is 1. The number of nitrogens with one attached hydrogen (secondary N) is 1. The second kappa shape index (κ2) is 7.51. The van der Waals surface area contributed by atoms with Gasteiger partial charge in [-0.2, -0.15) is 0 Å². The average Bonchev–Trinajstić information content (AvgIpc) is 2.47. The van der Waals surface area contributed by atoms with Crippen molar-refractivity contribution in [2.24, 2.45) is 0 Å². The first kappa shape index (κ1) is 19.0. The molecule has 0 heterocycles. The second-order valence-corrected chi connectivity index (χ2v) is 6.70. The van der Waals surface area contributed by atoms with E-state index in [4.69, 9.17) is 5.73 Å². The number of halogens is 1. The lowest BCUT2D eigenvalue weighted by Gasteiger charge is -2.19. The lowest BCUT2D eigenvalue weighted by molar-refractivity contribution is 0.0950. The summed E-state index contributed by atoms with van der Waals surface area (Å²) in [4.78, 5) is 12.3. The molecule has 0 unspecified atom stereocenters. The van der Waals surface area contributed by atoms with E-state index in [1.807, 2.05) is 13.0 Å². The minimum Gasteiger partial charge on any atom is -0.399 e. The van der Waals surface area contributed by atoms with E-state index in [9.17, 15) is 4.79 Å². The number of anilines is 1. The summed E-state index contributed by atoms with van der Waals surface area (Å²) in [5, 5.41) is 2.95. The maximum atomic E-state index is 12.3. The molecule has 0 saturated heterocycles. The van der Waals surface area contributed by atoms with Crippen LogP contribution in [0.5, 0.6) is 0 Å². The number of nitrogen functional groups attached to an aromatic ring is 1. The van der Waals surface area contributed by atoms with Gasteiger partial charge < -0.3 is 11.1 Å². The summed E-state index contributed by atoms with van der Waals surface area (Å²) in [6.45, 7) is 8.98. The summed E-state index contributed by atoms with van der Waals surface area (Å²) < 4.78 is 0. The van der Waals surface area contributed by atoms with Crippen molar-refractivity contribution in [3.63, 3.8) is 0 Å². The number of carbonyl (C=O) groups excluding carboxylic acids is 1. The Balaban J connectivity index is 0.00000264. The average molecular weight is 333 g/mol. The first-order valence-corrected chi connectivity index (χ1v) is 7.51. The highest BCUT2D eigenvalue weighted by molar-refractivity contribution is 5.96. The van der Waals surface area contributed by atoms with E-state index in [0.29, 0.717) is 17.8 Å². The number of rotatable bonds is 3. The second-order valence-electron chi connectivity index (χ2n) is 6.70. The number of hydrogen-bond donors (Lipinski definition) is 2. The Hall–Kier alpha value is -2.00. The van der Waals surface area contributed by atoms with E-state index >= 15 is 0 Å². The molecule has 2 aromatic rings. The van der Waals surface area contributed by atoms with Crippen molar-refractivity contribution in [2.45, 2.75) is 39.7 Å². The topological polar surface area (TPSA) is 55.1 Å². The van der Waals surface area contributed by atoms with Gasteiger partial charge in [-0.3, -0.25) is 4.79 Å². The summed E-state index contributed by atoms with van der Waals surface area (Å²) in [7, 11) is 0. The molecule has 0 aliphatic rings. The minimum absolute atomic E-state index is 0. The third kappa shape index (κ3) is 5.00. The Kier molecular flexibility index (Phi) is 6.22. The molecule has 0 spiro atoms. The summed E-state index contributed by atoms with van der Waals surface area (Å²) in [5.74, 6) is -0.0929. The molecule has 2 rings (SSSR count). The van der Waals surface area contributed by atoms with Crippen LogP contribution in [0, 0.1) is 6.92 Å². The molecule has 124 valence electrons. The molecule has 3 N–H and O–H groups in total. The quantitative estimate of drug-likeness (QED) is 0.826. The molecular formula is C19H25ClN2O. The number of nitrogens with two attached hydrogens (primary N) is 1. The van der Waals surface area contributed by atoms with Crippen molar-refractivity contribution in [3.05, 3.63) is 64.7 Å². The smallest absolute Gasteiger partial charge is 0.251 e. The molecular weight excluding hydrogens is 308 g/mol. The van der Waals surface area contributed by atoms with Crippen LogP contribution >= 0.6 is 12.4 Å². The van der Waals surface area contributed by atoms with Crippen molar-refractivity contribution in [1.82, 2.24) is 5.32 Å². The highest BCUT2D eigenvalue weighted by atomic mass is 35.5. The number of amides is 1. The lowest BCUT2D eigenvalue weighted by Crippen LogP contribution is -2.23. The van der Waals surface area contributed by atoms with Crippen molar-refractivity contribution in [1.29, 1.82) is 0 Å². The summed E-state index contributed by atoms with van der Waals surface area (Å²) >= 11 is 0. The first-order valence-electron chi connectivity index (χ1n) is 7.51. The summed E-state index contributed by atoms with van der Waals surface area (Å²) in [6, 6.07) is 13.7. The highest BCUT2D eigenvalue weighted by Gasteiger charge is 2.13. The van der Waals surface area contributed by atoms with Crippen molar-refractivity contribution in [3.8, 4) is 0 Å². The molecule has 0 fully saturated rings. The monoisotopic (exact) mass is 332 g/mol. The zero-order chi connectivity index (χ0) is 16.3. The van der Waals surface area contributed by atoms with Crippen molar-refractivity contribution >= 4 is 24.0 Å². The maximum Gasteiger partial charge on any atom is 0.251 e. The number of benzene rings is 2. The van der Waals surface area contributed by atoms with Crippen LogP contribution in [0.4, 0.5) is 5.69 Å². The number of carbonyl (C=O) groups is 1. The van der Waals surface area contributed by atoms with E-state index in [2.05, 4.69) is 50.4 Å². The molecule has 23 heavy (non-hydrogen) atoms. The van der Waals surface area contributed by atoms with E-state index in [1.54, 1.807) is 12.1 Å². The maximum absolute atomic E-state index is 12.3. The van der Waals surface area contributed by atoms with E-state index in [0.717, 1.165) is 11.1 Å². The Bertz CT molecular complexity index is 673. The predicted molar refractivity (Wildman–Crippen MR) is 99.2 cm³/mol. The van der Waals surface area contributed by atoms with Gasteiger partial charge in [0.15, 0.2) is 0 Å². The van der Waals surface area contributed by atoms with E-state index < -0.39 is 0 Å². The standard InChI is InChI=1S/C19H24N2O.ClH/c1-13-5-10-16(20)11-17(13)18(22)21-12-14-6-8-15(9-7-14)19(2,3)4;/h5-11H,12,20H2,1-4H3,(H,21,22);1H. The molecule has 0 saturated carbocycles. The van der Waals surface area contributed by atoms with Gasteiger partial charge in [-0.25, -0.2) is 0 Å². The Morgan fingerprint density at radius 2 is 1.70 bits per heavy atom. The van der Waals surface area contributed by atoms with Gasteiger partial charge in [-0.1, -0.05) is 51.1 Å². The van der Waals surface area contributed by atoms with Gasteiger partial charge in [0.2, 0.25) is 0 Å². The first-order chi connectivity index (χ1) is 10.3. The fourth-order valence-corrected chi connectivity index (χ4v) is 2.28. The summed E-state index contributed by atoms with van der Waals surface area (Å²) in [6.07, 6.45) is 0. The van der Waals surface area contributed by atoms with Crippen molar-refractivity contribution in [2.75, 3.05) is 5.73 Å². The Morgan fingerprint density at radius 1 is 1.09 bits per heavy atom. The molecule has 2 aromatic carbocycles. The SMILES string of the molecule is Cc1ccc(N)cc1C(=O)NCc1ccc(C(C)(C)C)cc1.Cl. The zero-order valence-corrected chi connectivity index (χ0v) is 15.0. The highest BCUT2D eigenvalue weighted by Crippen LogP contribution is 2.22. The van der Waals surface area contributed by atoms with E-state index in [1.165, 1.54) is 5.56 Å². The molecule has 0 radical (unpaired) electrons. The summed E-state index contributed by atoms with van der Waals surface area (Å²) in [5.41, 5.74) is 10.4. The zero-order valence-electron chi connectivity index (χ0n) is 14.1. The Morgan fingerprint density at radius 3 is 2.26 bits per heavy atom. The fraction of sp³-hybridized carbons (Fsp3) is 0.316. The molecule has 0 aromatic heterocycles. The van der Waals surface area contributed by atoms with Crippen LogP contribution < -0.4 is 11.1 Å². The van der Waals surface area contributed by atoms with Crippen molar-refractivity contribution < 1.29 is 4.79 Å². The van der Waals surface area contributed by atoms with Crippen LogP contribution in [0.1, 0.15) is 47.8 Å². The van der Waals surface area contributed by atoms with Gasteiger partial charge in [-0.15, -0.1) is 12.4 Å². The third-order valence-corrected chi connectivity index (χ3v) is 3.78. The molecule has 0 bridgehead atoms.